The van der Waals surface area contributed by atoms with Gasteiger partial charge in [0.15, 0.2) is 0 Å². The molecule has 2 aromatic rings. The number of aryl methyl sites for hydroxylation is 1. The number of nitrogens with two attached hydrogens (primary N) is 1. The monoisotopic (exact) mass is 342 g/mol. The van der Waals surface area contributed by atoms with Gasteiger partial charge in [-0.25, -0.2) is 0 Å². The molecule has 0 saturated heterocycles. The summed E-state index contributed by atoms with van der Waals surface area (Å²) in [5, 5.41) is 4.95. The zero-order valence-corrected chi connectivity index (χ0v) is 12.9. The van der Waals surface area contributed by atoms with Crippen molar-refractivity contribution < 1.29 is 0 Å². The molecular weight excluding hydrogens is 328 g/mol. The Morgan fingerprint density at radius 1 is 1.53 bits per heavy atom. The molecule has 0 fully saturated rings. The maximum absolute atomic E-state index is 6.26. The molecule has 19 heavy (non-hydrogen) atoms. The standard InChI is InChI=1S/C13H16BrClN4/c1-2-19-8-9(7-17-19)5-13(18-16)11-4-3-10(14)6-12(11)15/h3-4,6-8,13,18H,2,5,16H2,1H3. The summed E-state index contributed by atoms with van der Waals surface area (Å²) in [6.07, 6.45) is 4.63. The Bertz CT molecular complexity index is 555. The lowest BCUT2D eigenvalue weighted by molar-refractivity contribution is 0.551. The van der Waals surface area contributed by atoms with E-state index in [1.54, 1.807) is 0 Å². The van der Waals surface area contributed by atoms with Crippen molar-refractivity contribution in [2.24, 2.45) is 5.84 Å². The molecule has 1 atom stereocenters. The number of hydrogen-bond acceptors (Lipinski definition) is 3. The number of benzene rings is 1. The minimum absolute atomic E-state index is 0.0323. The number of nitrogens with zero attached hydrogens (tertiary/aromatic N) is 2. The van der Waals surface area contributed by atoms with Crippen molar-refractivity contribution in [1.82, 2.24) is 15.2 Å². The molecule has 0 spiro atoms. The molecule has 1 aromatic carbocycles. The highest BCUT2D eigenvalue weighted by Gasteiger charge is 2.15. The number of halogens is 2. The first kappa shape index (κ1) is 14.5. The smallest absolute Gasteiger partial charge is 0.0522 e. The highest BCUT2D eigenvalue weighted by Crippen LogP contribution is 2.28. The van der Waals surface area contributed by atoms with Crippen LogP contribution >= 0.6 is 27.5 Å². The van der Waals surface area contributed by atoms with Gasteiger partial charge in [-0.15, -0.1) is 0 Å². The highest BCUT2D eigenvalue weighted by molar-refractivity contribution is 9.10. The minimum atomic E-state index is -0.0323. The van der Waals surface area contributed by atoms with Crippen LogP contribution in [0.2, 0.25) is 5.02 Å². The molecule has 1 heterocycles. The number of rotatable bonds is 5. The molecule has 0 aliphatic heterocycles. The predicted molar refractivity (Wildman–Crippen MR) is 80.8 cm³/mol. The normalized spacial score (nSPS) is 12.6. The van der Waals surface area contributed by atoms with Crippen LogP contribution in [0, 0.1) is 0 Å². The number of hydrogen-bond donors (Lipinski definition) is 2. The first-order valence-electron chi connectivity index (χ1n) is 6.06. The number of aromatic nitrogens is 2. The molecule has 0 saturated carbocycles. The summed E-state index contributed by atoms with van der Waals surface area (Å²) in [6.45, 7) is 2.92. The van der Waals surface area contributed by atoms with Crippen LogP contribution in [0.5, 0.6) is 0 Å². The Labute approximate surface area is 126 Å². The van der Waals surface area contributed by atoms with Crippen LogP contribution in [-0.2, 0) is 13.0 Å². The van der Waals surface area contributed by atoms with Crippen LogP contribution in [0.1, 0.15) is 24.1 Å². The summed E-state index contributed by atoms with van der Waals surface area (Å²) < 4.78 is 2.85. The second-order valence-corrected chi connectivity index (χ2v) is 5.62. The average Bonchev–Trinajstić information content (AvgIpc) is 2.84. The summed E-state index contributed by atoms with van der Waals surface area (Å²) in [7, 11) is 0. The van der Waals surface area contributed by atoms with Gasteiger partial charge in [0.25, 0.3) is 0 Å². The molecule has 0 bridgehead atoms. The minimum Gasteiger partial charge on any atom is -0.273 e. The zero-order valence-electron chi connectivity index (χ0n) is 10.6. The summed E-state index contributed by atoms with van der Waals surface area (Å²) in [6, 6.07) is 5.77. The lowest BCUT2D eigenvalue weighted by Gasteiger charge is -2.17. The molecule has 4 nitrogen and oxygen atoms in total. The van der Waals surface area contributed by atoms with E-state index in [1.165, 1.54) is 0 Å². The largest absolute Gasteiger partial charge is 0.273 e. The lowest BCUT2D eigenvalue weighted by atomic mass is 10.0. The molecule has 0 radical (unpaired) electrons. The van der Waals surface area contributed by atoms with Crippen molar-refractivity contribution in [2.75, 3.05) is 0 Å². The molecule has 0 aliphatic rings. The zero-order chi connectivity index (χ0) is 13.8. The van der Waals surface area contributed by atoms with E-state index in [0.717, 1.165) is 28.6 Å². The van der Waals surface area contributed by atoms with E-state index in [9.17, 15) is 0 Å². The summed E-state index contributed by atoms with van der Waals surface area (Å²) in [5.74, 6) is 5.65. The molecule has 0 aliphatic carbocycles. The third-order valence-electron chi connectivity index (χ3n) is 2.99. The van der Waals surface area contributed by atoms with Crippen molar-refractivity contribution in [3.05, 3.63) is 51.2 Å². The molecule has 3 N–H and O–H groups in total. The summed E-state index contributed by atoms with van der Waals surface area (Å²) in [4.78, 5) is 0. The Balaban J connectivity index is 2.19. The van der Waals surface area contributed by atoms with Gasteiger partial charge in [-0.2, -0.15) is 5.10 Å². The first-order chi connectivity index (χ1) is 9.13. The highest BCUT2D eigenvalue weighted by atomic mass is 79.9. The van der Waals surface area contributed by atoms with Crippen LogP contribution in [0.3, 0.4) is 0 Å². The van der Waals surface area contributed by atoms with Crippen molar-refractivity contribution in [2.45, 2.75) is 25.9 Å². The average molecular weight is 344 g/mol. The second kappa shape index (κ2) is 6.52. The SMILES string of the molecule is CCn1cc(CC(NN)c2ccc(Br)cc2Cl)cn1. The van der Waals surface area contributed by atoms with Crippen LogP contribution in [-0.4, -0.2) is 9.78 Å². The van der Waals surface area contributed by atoms with Crippen molar-refractivity contribution >= 4 is 27.5 Å². The van der Waals surface area contributed by atoms with Crippen molar-refractivity contribution in [3.63, 3.8) is 0 Å². The number of nitrogens with one attached hydrogen (secondary N) is 1. The second-order valence-electron chi connectivity index (χ2n) is 4.29. The lowest BCUT2D eigenvalue weighted by Crippen LogP contribution is -2.29. The van der Waals surface area contributed by atoms with Gasteiger partial charge in [0, 0.05) is 22.2 Å². The Kier molecular flexibility index (Phi) is 4.99. The predicted octanol–water partition coefficient (Wildman–Crippen LogP) is 3.07. The Hall–Kier alpha value is -0.880. The van der Waals surface area contributed by atoms with Gasteiger partial charge >= 0.3 is 0 Å². The van der Waals surface area contributed by atoms with Crippen LogP contribution in [0.25, 0.3) is 0 Å². The molecule has 0 amide bonds. The van der Waals surface area contributed by atoms with Gasteiger partial charge in [0.1, 0.15) is 0 Å². The maximum atomic E-state index is 6.26. The molecule has 1 unspecified atom stereocenters. The third kappa shape index (κ3) is 3.57. The van der Waals surface area contributed by atoms with Crippen LogP contribution in [0.15, 0.2) is 35.1 Å². The van der Waals surface area contributed by atoms with Gasteiger partial charge < -0.3 is 0 Å². The molecule has 2 rings (SSSR count). The van der Waals surface area contributed by atoms with Crippen molar-refractivity contribution in [3.8, 4) is 0 Å². The fraction of sp³-hybridized carbons (Fsp3) is 0.308. The summed E-state index contributed by atoms with van der Waals surface area (Å²) >= 11 is 9.65. The fourth-order valence-electron chi connectivity index (χ4n) is 1.96. The van der Waals surface area contributed by atoms with Gasteiger partial charge in [0.05, 0.1) is 12.2 Å². The first-order valence-corrected chi connectivity index (χ1v) is 7.23. The fourth-order valence-corrected chi connectivity index (χ4v) is 2.77. The maximum Gasteiger partial charge on any atom is 0.0522 e. The van der Waals surface area contributed by atoms with Crippen molar-refractivity contribution in [1.29, 1.82) is 0 Å². The van der Waals surface area contributed by atoms with Gasteiger partial charge in [0.2, 0.25) is 0 Å². The van der Waals surface area contributed by atoms with E-state index < -0.39 is 0 Å². The molecule has 102 valence electrons. The topological polar surface area (TPSA) is 55.9 Å². The van der Waals surface area contributed by atoms with Crippen LogP contribution < -0.4 is 11.3 Å². The van der Waals surface area contributed by atoms with E-state index in [-0.39, 0.29) is 6.04 Å². The Morgan fingerprint density at radius 3 is 2.89 bits per heavy atom. The van der Waals surface area contributed by atoms with Gasteiger partial charge in [-0.3, -0.25) is 16.0 Å². The van der Waals surface area contributed by atoms with E-state index >= 15 is 0 Å². The Morgan fingerprint density at radius 2 is 2.32 bits per heavy atom. The van der Waals surface area contributed by atoms with E-state index in [1.807, 2.05) is 35.3 Å². The molecular formula is C13H16BrClN4. The van der Waals surface area contributed by atoms with E-state index in [4.69, 9.17) is 17.4 Å². The van der Waals surface area contributed by atoms with Crippen LogP contribution in [0.4, 0.5) is 0 Å². The summed E-state index contributed by atoms with van der Waals surface area (Å²) in [5.41, 5.74) is 4.93. The van der Waals surface area contributed by atoms with Gasteiger partial charge in [-0.1, -0.05) is 33.6 Å². The van der Waals surface area contributed by atoms with Gasteiger partial charge in [-0.05, 0) is 36.6 Å². The van der Waals surface area contributed by atoms with E-state index in [0.29, 0.717) is 5.02 Å². The van der Waals surface area contributed by atoms with E-state index in [2.05, 4.69) is 33.4 Å². The molecule has 6 heteroatoms. The number of hydrazine groups is 1. The quantitative estimate of drug-likeness (QED) is 0.648. The third-order valence-corrected chi connectivity index (χ3v) is 3.81. The molecule has 1 aromatic heterocycles.